The van der Waals surface area contributed by atoms with E-state index in [4.69, 9.17) is 5.73 Å². The summed E-state index contributed by atoms with van der Waals surface area (Å²) in [5.74, 6) is 0.723. The first-order valence-corrected chi connectivity index (χ1v) is 5.20. The lowest BCUT2D eigenvalue weighted by Crippen LogP contribution is -2.44. The van der Waals surface area contributed by atoms with Gasteiger partial charge in [0.25, 0.3) is 0 Å². The fraction of sp³-hybridized carbons (Fsp3) is 1.00. The first kappa shape index (κ1) is 10.0. The van der Waals surface area contributed by atoms with Gasteiger partial charge in [-0.25, -0.2) is 0 Å². The summed E-state index contributed by atoms with van der Waals surface area (Å²) in [7, 11) is 0. The molecule has 0 aromatic rings. The molecular weight excluding hydrogens is 148 g/mol. The summed E-state index contributed by atoms with van der Waals surface area (Å²) in [4.78, 5) is 0. The molecule has 0 radical (unpaired) electrons. The van der Waals surface area contributed by atoms with Crippen molar-refractivity contribution in [1.82, 2.24) is 5.32 Å². The average Bonchev–Trinajstić information content (AvgIpc) is 2.04. The molecule has 1 fully saturated rings. The van der Waals surface area contributed by atoms with Gasteiger partial charge >= 0.3 is 0 Å². The summed E-state index contributed by atoms with van der Waals surface area (Å²) in [6.07, 6.45) is 5.39. The standard InChI is InChI=1S/C10H22N2/c1-8(2)12-10-6-4-3-5-9(10)7-11/h8-10,12H,3-7,11H2,1-2H3. The van der Waals surface area contributed by atoms with E-state index in [2.05, 4.69) is 19.2 Å². The maximum absolute atomic E-state index is 5.73. The van der Waals surface area contributed by atoms with Crippen molar-refractivity contribution < 1.29 is 0 Å². The topological polar surface area (TPSA) is 38.0 Å². The van der Waals surface area contributed by atoms with Crippen LogP contribution in [0.25, 0.3) is 0 Å². The Labute approximate surface area is 75.9 Å². The van der Waals surface area contributed by atoms with Crippen molar-refractivity contribution in [2.45, 2.75) is 51.6 Å². The van der Waals surface area contributed by atoms with Crippen LogP contribution in [0.2, 0.25) is 0 Å². The SMILES string of the molecule is CC(C)NC1CCCCC1CN. The quantitative estimate of drug-likeness (QED) is 0.673. The van der Waals surface area contributed by atoms with Crippen LogP contribution in [0.1, 0.15) is 39.5 Å². The van der Waals surface area contributed by atoms with Gasteiger partial charge in [-0.2, -0.15) is 0 Å². The third-order valence-electron chi connectivity index (χ3n) is 2.76. The first-order valence-electron chi connectivity index (χ1n) is 5.20. The zero-order valence-electron chi connectivity index (χ0n) is 8.34. The van der Waals surface area contributed by atoms with Crippen LogP contribution in [0.15, 0.2) is 0 Å². The number of hydrogen-bond acceptors (Lipinski definition) is 2. The van der Waals surface area contributed by atoms with Crippen LogP contribution in [0.5, 0.6) is 0 Å². The minimum Gasteiger partial charge on any atom is -0.330 e. The van der Waals surface area contributed by atoms with Crippen LogP contribution >= 0.6 is 0 Å². The molecule has 2 unspecified atom stereocenters. The molecule has 0 spiro atoms. The number of hydrogen-bond donors (Lipinski definition) is 2. The van der Waals surface area contributed by atoms with Crippen molar-refractivity contribution in [2.75, 3.05) is 6.54 Å². The van der Waals surface area contributed by atoms with Crippen LogP contribution in [-0.4, -0.2) is 18.6 Å². The number of nitrogens with two attached hydrogens (primary N) is 1. The van der Waals surface area contributed by atoms with Crippen molar-refractivity contribution in [1.29, 1.82) is 0 Å². The Hall–Kier alpha value is -0.0800. The molecule has 2 atom stereocenters. The van der Waals surface area contributed by atoms with Gasteiger partial charge in [0, 0.05) is 12.1 Å². The summed E-state index contributed by atoms with van der Waals surface area (Å²) in [6.45, 7) is 5.27. The molecule has 12 heavy (non-hydrogen) atoms. The molecule has 2 nitrogen and oxygen atoms in total. The van der Waals surface area contributed by atoms with E-state index in [0.717, 1.165) is 12.5 Å². The van der Waals surface area contributed by atoms with Crippen LogP contribution in [0, 0.1) is 5.92 Å². The van der Waals surface area contributed by atoms with Gasteiger partial charge in [-0.3, -0.25) is 0 Å². The predicted molar refractivity (Wildman–Crippen MR) is 53.1 cm³/mol. The minimum atomic E-state index is 0.599. The highest BCUT2D eigenvalue weighted by Crippen LogP contribution is 2.23. The highest BCUT2D eigenvalue weighted by molar-refractivity contribution is 4.82. The molecule has 2 heteroatoms. The normalized spacial score (nSPS) is 31.0. The monoisotopic (exact) mass is 170 g/mol. The van der Waals surface area contributed by atoms with Crippen molar-refractivity contribution >= 4 is 0 Å². The van der Waals surface area contributed by atoms with E-state index in [1.807, 2.05) is 0 Å². The average molecular weight is 170 g/mol. The summed E-state index contributed by atoms with van der Waals surface area (Å²) in [5, 5.41) is 3.60. The van der Waals surface area contributed by atoms with Gasteiger partial charge in [0.05, 0.1) is 0 Å². The van der Waals surface area contributed by atoms with E-state index in [0.29, 0.717) is 12.1 Å². The van der Waals surface area contributed by atoms with Gasteiger partial charge in [-0.15, -0.1) is 0 Å². The fourth-order valence-corrected chi connectivity index (χ4v) is 2.14. The molecule has 0 heterocycles. The Balaban J connectivity index is 2.36. The Morgan fingerprint density at radius 2 is 2.00 bits per heavy atom. The van der Waals surface area contributed by atoms with E-state index in [1.54, 1.807) is 0 Å². The van der Waals surface area contributed by atoms with Gasteiger partial charge in [-0.1, -0.05) is 26.7 Å². The number of nitrogens with one attached hydrogen (secondary N) is 1. The van der Waals surface area contributed by atoms with Gasteiger partial charge in [0.1, 0.15) is 0 Å². The Morgan fingerprint density at radius 3 is 2.58 bits per heavy atom. The molecular formula is C10H22N2. The maximum atomic E-state index is 5.73. The molecule has 3 N–H and O–H groups in total. The molecule has 0 amide bonds. The largest absolute Gasteiger partial charge is 0.330 e. The molecule has 0 saturated heterocycles. The third kappa shape index (κ3) is 2.76. The van der Waals surface area contributed by atoms with E-state index in [-0.39, 0.29) is 0 Å². The van der Waals surface area contributed by atoms with Gasteiger partial charge in [-0.05, 0) is 25.3 Å². The second-order valence-corrected chi connectivity index (χ2v) is 4.21. The van der Waals surface area contributed by atoms with E-state index in [1.165, 1.54) is 25.7 Å². The molecule has 1 aliphatic rings. The highest BCUT2D eigenvalue weighted by atomic mass is 14.9. The van der Waals surface area contributed by atoms with Crippen molar-refractivity contribution in [3.63, 3.8) is 0 Å². The van der Waals surface area contributed by atoms with Crippen LogP contribution < -0.4 is 11.1 Å². The van der Waals surface area contributed by atoms with E-state index in [9.17, 15) is 0 Å². The summed E-state index contributed by atoms with van der Waals surface area (Å²) in [5.41, 5.74) is 5.73. The Morgan fingerprint density at radius 1 is 1.33 bits per heavy atom. The molecule has 0 aromatic heterocycles. The van der Waals surface area contributed by atoms with Crippen molar-refractivity contribution in [2.24, 2.45) is 11.7 Å². The van der Waals surface area contributed by atoms with Crippen molar-refractivity contribution in [3.05, 3.63) is 0 Å². The summed E-state index contributed by atoms with van der Waals surface area (Å²) >= 11 is 0. The molecule has 0 aromatic carbocycles. The van der Waals surface area contributed by atoms with E-state index >= 15 is 0 Å². The lowest BCUT2D eigenvalue weighted by molar-refractivity contribution is 0.255. The Bertz CT molecular complexity index is 123. The summed E-state index contributed by atoms with van der Waals surface area (Å²) < 4.78 is 0. The smallest absolute Gasteiger partial charge is 0.0110 e. The molecule has 0 aliphatic heterocycles. The third-order valence-corrected chi connectivity index (χ3v) is 2.76. The van der Waals surface area contributed by atoms with E-state index < -0.39 is 0 Å². The molecule has 1 saturated carbocycles. The molecule has 1 aliphatic carbocycles. The zero-order chi connectivity index (χ0) is 8.97. The van der Waals surface area contributed by atoms with Crippen LogP contribution in [-0.2, 0) is 0 Å². The predicted octanol–water partition coefficient (Wildman–Crippen LogP) is 1.50. The molecule has 72 valence electrons. The van der Waals surface area contributed by atoms with Crippen molar-refractivity contribution in [3.8, 4) is 0 Å². The zero-order valence-corrected chi connectivity index (χ0v) is 8.34. The second kappa shape index (κ2) is 4.83. The number of rotatable bonds is 3. The maximum Gasteiger partial charge on any atom is 0.0110 e. The fourth-order valence-electron chi connectivity index (χ4n) is 2.14. The van der Waals surface area contributed by atoms with Gasteiger partial charge in [0.2, 0.25) is 0 Å². The minimum absolute atomic E-state index is 0.599. The highest BCUT2D eigenvalue weighted by Gasteiger charge is 2.23. The lowest BCUT2D eigenvalue weighted by atomic mass is 9.84. The molecule has 1 rings (SSSR count). The second-order valence-electron chi connectivity index (χ2n) is 4.21. The Kier molecular flexibility index (Phi) is 4.02. The summed E-state index contributed by atoms with van der Waals surface area (Å²) in [6, 6.07) is 1.28. The first-order chi connectivity index (χ1) is 5.74. The van der Waals surface area contributed by atoms with Gasteiger partial charge in [0.15, 0.2) is 0 Å². The molecule has 0 bridgehead atoms. The van der Waals surface area contributed by atoms with Gasteiger partial charge < -0.3 is 11.1 Å². The van der Waals surface area contributed by atoms with Crippen LogP contribution in [0.4, 0.5) is 0 Å². The van der Waals surface area contributed by atoms with Crippen LogP contribution in [0.3, 0.4) is 0 Å². The lowest BCUT2D eigenvalue weighted by Gasteiger charge is -2.32.